The van der Waals surface area contributed by atoms with Gasteiger partial charge in [-0.15, -0.1) is 11.3 Å². The molecule has 0 spiro atoms. The van der Waals surface area contributed by atoms with Gasteiger partial charge in [-0.05, 0) is 78.5 Å². The lowest BCUT2D eigenvalue weighted by Crippen LogP contribution is -2.16. The molecule has 0 aliphatic heterocycles. The topological polar surface area (TPSA) is 204 Å². The minimum Gasteiger partial charge on any atom is -0.507 e. The summed E-state index contributed by atoms with van der Waals surface area (Å²) >= 11 is 1.38. The molecule has 0 saturated carbocycles. The largest absolute Gasteiger partial charge is 0.507 e. The van der Waals surface area contributed by atoms with E-state index in [1.165, 1.54) is 17.4 Å². The molecule has 0 fully saturated rings. The van der Waals surface area contributed by atoms with Crippen LogP contribution in [0.1, 0.15) is 48.2 Å². The molecule has 8 rings (SSSR count). The summed E-state index contributed by atoms with van der Waals surface area (Å²) in [5.74, 6) is 0.366. The number of aryl methyl sites for hydroxylation is 2. The average Bonchev–Trinajstić information content (AvgIpc) is 3.67. The van der Waals surface area contributed by atoms with Crippen LogP contribution >= 0.6 is 11.3 Å². The summed E-state index contributed by atoms with van der Waals surface area (Å²) in [6.45, 7) is 8.77. The molecule has 0 aliphatic carbocycles. The van der Waals surface area contributed by atoms with Gasteiger partial charge in [-0.25, -0.2) is 0 Å². The van der Waals surface area contributed by atoms with Gasteiger partial charge >= 0.3 is 0 Å². The number of phenolic OH excluding ortho intramolecular Hbond substituents is 1. The van der Waals surface area contributed by atoms with Crippen LogP contribution in [0.2, 0.25) is 0 Å². The number of hydrogen-bond donors (Lipinski definition) is 7. The van der Waals surface area contributed by atoms with Gasteiger partial charge in [0.15, 0.2) is 0 Å². The van der Waals surface area contributed by atoms with Crippen LogP contribution in [-0.4, -0.2) is 38.1 Å². The first kappa shape index (κ1) is 36.3. The molecule has 11 nitrogen and oxygen atoms in total. The number of aromatic nitrogens is 4. The Labute approximate surface area is 312 Å². The van der Waals surface area contributed by atoms with Gasteiger partial charge in [-0.1, -0.05) is 74.5 Å². The second-order valence-electron chi connectivity index (χ2n) is 13.7. The number of hydrogen-bond acceptors (Lipinski definition) is 8. The van der Waals surface area contributed by atoms with Crippen LogP contribution in [0.15, 0.2) is 97.4 Å². The predicted octanol–water partition coefficient (Wildman–Crippen LogP) is 6.58. The summed E-state index contributed by atoms with van der Waals surface area (Å²) in [6.07, 6.45) is 0. The molecule has 54 heavy (non-hydrogen) atoms. The Morgan fingerprint density at radius 2 is 1.07 bits per heavy atom. The summed E-state index contributed by atoms with van der Waals surface area (Å²) in [5, 5.41) is 15.0. The quantitative estimate of drug-likeness (QED) is 0.0932. The van der Waals surface area contributed by atoms with E-state index in [1.807, 2.05) is 66.9 Å². The van der Waals surface area contributed by atoms with Gasteiger partial charge in [0.05, 0.1) is 27.5 Å². The Balaban J connectivity index is 0.000000167. The zero-order valence-electron chi connectivity index (χ0n) is 30.2. The number of thiophene rings is 1. The first-order valence-corrected chi connectivity index (χ1v) is 18.5. The lowest BCUT2D eigenvalue weighted by atomic mass is 9.94. The van der Waals surface area contributed by atoms with Crippen molar-refractivity contribution in [3.63, 3.8) is 0 Å². The Bertz CT molecular complexity index is 2960. The van der Waals surface area contributed by atoms with E-state index in [1.54, 1.807) is 26.0 Å². The maximum Gasteiger partial charge on any atom is 0.266 e. The van der Waals surface area contributed by atoms with Gasteiger partial charge in [-0.3, -0.25) is 19.2 Å². The standard InChI is InChI=1S/C22H21N3O3.C20H19N3O2S/c1-11(10-23)13-6-8-14(9-7-13)17-19-15-4-3-5-16(26)18(15)22(28)25-20(19)12(2)24-21(17)27;1-10(9-21)12-3-5-13(6-4-12)15-16-14-7-8-26-18(14)20(25)23-17(16)11(2)22-19(15)24/h3-9,11,26H,10,23H2,1-2H3,(H,24,27)(H,25,28);3-8,10H,9,21H2,1-2H3,(H,22,24)(H,23,25). The fraction of sp³-hybridized carbons (Fsp3) is 0.190. The van der Waals surface area contributed by atoms with Crippen molar-refractivity contribution in [1.29, 1.82) is 0 Å². The molecule has 0 radical (unpaired) electrons. The molecule has 12 heteroatoms. The van der Waals surface area contributed by atoms with Crippen molar-refractivity contribution in [2.45, 2.75) is 39.5 Å². The first-order valence-electron chi connectivity index (χ1n) is 17.6. The monoisotopic (exact) mass is 740 g/mol. The molecule has 9 N–H and O–H groups in total. The molecular weight excluding hydrogens is 701 g/mol. The molecule has 0 aliphatic rings. The van der Waals surface area contributed by atoms with Gasteiger partial charge in [0.25, 0.3) is 22.2 Å². The van der Waals surface area contributed by atoms with Crippen molar-refractivity contribution < 1.29 is 5.11 Å². The van der Waals surface area contributed by atoms with E-state index in [-0.39, 0.29) is 39.6 Å². The second-order valence-corrected chi connectivity index (χ2v) is 14.6. The average molecular weight is 741 g/mol. The van der Waals surface area contributed by atoms with E-state index in [0.29, 0.717) is 62.1 Å². The number of aromatic amines is 4. The molecule has 0 amide bonds. The van der Waals surface area contributed by atoms with Gasteiger partial charge in [0, 0.05) is 32.9 Å². The van der Waals surface area contributed by atoms with E-state index in [9.17, 15) is 24.3 Å². The Morgan fingerprint density at radius 3 is 1.57 bits per heavy atom. The summed E-state index contributed by atoms with van der Waals surface area (Å²) < 4.78 is 0.636. The predicted molar refractivity (Wildman–Crippen MR) is 220 cm³/mol. The summed E-state index contributed by atoms with van der Waals surface area (Å²) in [4.78, 5) is 62.0. The Hall–Kier alpha value is -6.08. The van der Waals surface area contributed by atoms with E-state index in [0.717, 1.165) is 33.0 Å². The highest BCUT2D eigenvalue weighted by atomic mass is 32.1. The van der Waals surface area contributed by atoms with Crippen molar-refractivity contribution in [2.24, 2.45) is 11.5 Å². The third-order valence-electron chi connectivity index (χ3n) is 10.2. The minimum absolute atomic E-state index is 0.114. The van der Waals surface area contributed by atoms with E-state index in [2.05, 4.69) is 26.9 Å². The van der Waals surface area contributed by atoms with Crippen LogP contribution in [0.25, 0.3) is 64.9 Å². The number of nitrogens with two attached hydrogens (primary N) is 2. The summed E-state index contributed by atoms with van der Waals surface area (Å²) in [5.41, 5.74) is 17.8. The van der Waals surface area contributed by atoms with Gasteiger partial charge < -0.3 is 36.5 Å². The Kier molecular flexibility index (Phi) is 9.67. The number of aromatic hydroxyl groups is 1. The fourth-order valence-electron chi connectivity index (χ4n) is 7.09. The molecule has 274 valence electrons. The molecule has 2 unspecified atom stereocenters. The smallest absolute Gasteiger partial charge is 0.266 e. The highest BCUT2D eigenvalue weighted by Crippen LogP contribution is 2.35. The highest BCUT2D eigenvalue weighted by molar-refractivity contribution is 7.17. The Morgan fingerprint density at radius 1 is 0.593 bits per heavy atom. The number of rotatable bonds is 6. The SMILES string of the molecule is Cc1[nH]c(=O)c(-c2ccc(C(C)CN)cc2)c2c1[nH]c(=O)c1c(O)cccc12.Cc1[nH]c(=O)c(-c2ccc(C(C)CN)cc2)c2c1[nH]c(=O)c1sccc12. The van der Waals surface area contributed by atoms with Crippen LogP contribution < -0.4 is 33.7 Å². The number of fused-ring (bicyclic) bond motifs is 6. The molecule has 2 atom stereocenters. The highest BCUT2D eigenvalue weighted by Gasteiger charge is 2.19. The van der Waals surface area contributed by atoms with Crippen molar-refractivity contribution in [3.05, 3.63) is 142 Å². The molecule has 0 bridgehead atoms. The maximum atomic E-state index is 12.9. The number of benzene rings is 3. The van der Waals surface area contributed by atoms with E-state index < -0.39 is 5.56 Å². The maximum absolute atomic E-state index is 12.9. The number of H-pyrrole nitrogens is 4. The van der Waals surface area contributed by atoms with E-state index >= 15 is 0 Å². The number of phenols is 1. The van der Waals surface area contributed by atoms with Crippen molar-refractivity contribution in [1.82, 2.24) is 19.9 Å². The molecule has 5 aromatic heterocycles. The number of nitrogens with one attached hydrogen (secondary N) is 4. The van der Waals surface area contributed by atoms with Crippen molar-refractivity contribution in [3.8, 4) is 28.0 Å². The van der Waals surface area contributed by atoms with Crippen LogP contribution in [-0.2, 0) is 0 Å². The zero-order valence-corrected chi connectivity index (χ0v) is 31.0. The lowest BCUT2D eigenvalue weighted by molar-refractivity contribution is 0.481. The first-order chi connectivity index (χ1) is 25.9. The molecular formula is C42H40N6O5S. The van der Waals surface area contributed by atoms with Crippen LogP contribution in [0.5, 0.6) is 5.75 Å². The van der Waals surface area contributed by atoms with Crippen molar-refractivity contribution >= 4 is 54.0 Å². The van der Waals surface area contributed by atoms with Crippen LogP contribution in [0.4, 0.5) is 0 Å². The second kappa shape index (κ2) is 14.4. The normalized spacial score (nSPS) is 12.6. The fourth-order valence-corrected chi connectivity index (χ4v) is 7.88. The summed E-state index contributed by atoms with van der Waals surface area (Å²) in [6, 6.07) is 22.4. The zero-order chi connectivity index (χ0) is 38.4. The van der Waals surface area contributed by atoms with Gasteiger partial charge in [-0.2, -0.15) is 0 Å². The van der Waals surface area contributed by atoms with E-state index in [4.69, 9.17) is 11.5 Å². The molecule has 3 aromatic carbocycles. The van der Waals surface area contributed by atoms with Crippen LogP contribution in [0.3, 0.4) is 0 Å². The van der Waals surface area contributed by atoms with Crippen LogP contribution in [0, 0.1) is 13.8 Å². The lowest BCUT2D eigenvalue weighted by Gasteiger charge is -2.13. The minimum atomic E-state index is -0.395. The molecule has 8 aromatic rings. The van der Waals surface area contributed by atoms with Gasteiger partial charge in [0.1, 0.15) is 10.4 Å². The summed E-state index contributed by atoms with van der Waals surface area (Å²) in [7, 11) is 0. The third kappa shape index (κ3) is 6.23. The molecule has 0 saturated heterocycles. The number of pyridine rings is 4. The third-order valence-corrected chi connectivity index (χ3v) is 11.1. The van der Waals surface area contributed by atoms with Gasteiger partial charge in [0.2, 0.25) is 0 Å². The van der Waals surface area contributed by atoms with Crippen molar-refractivity contribution in [2.75, 3.05) is 13.1 Å². The molecule has 5 heterocycles.